The van der Waals surface area contributed by atoms with E-state index in [0.29, 0.717) is 30.2 Å². The number of hydrogen-bond acceptors (Lipinski definition) is 6. The number of ether oxygens (including phenoxy) is 1. The SMILES string of the molecule is CC1CN(C(=O)OC(C)(C)C)c2ccccc2N(C(=O)c2ccc(N3CCCC3)nn2)C1. The van der Waals surface area contributed by atoms with Gasteiger partial charge in [-0.25, -0.2) is 4.79 Å². The molecular formula is C24H31N5O3. The van der Waals surface area contributed by atoms with E-state index in [4.69, 9.17) is 4.74 Å². The number of hydrogen-bond donors (Lipinski definition) is 0. The fourth-order valence-electron chi connectivity index (χ4n) is 4.17. The summed E-state index contributed by atoms with van der Waals surface area (Å²) in [6.07, 6.45) is 1.89. The number of rotatable bonds is 2. The molecule has 8 nitrogen and oxygen atoms in total. The van der Waals surface area contributed by atoms with Crippen molar-refractivity contribution < 1.29 is 14.3 Å². The number of carbonyl (C=O) groups excluding carboxylic acids is 2. The highest BCUT2D eigenvalue weighted by Crippen LogP contribution is 2.35. The quantitative estimate of drug-likeness (QED) is 0.703. The van der Waals surface area contributed by atoms with E-state index < -0.39 is 11.7 Å². The zero-order chi connectivity index (χ0) is 22.9. The monoisotopic (exact) mass is 437 g/mol. The van der Waals surface area contributed by atoms with Crippen molar-refractivity contribution in [3.8, 4) is 0 Å². The Kier molecular flexibility index (Phi) is 6.04. The van der Waals surface area contributed by atoms with Crippen LogP contribution in [-0.2, 0) is 4.74 Å². The van der Waals surface area contributed by atoms with Crippen LogP contribution in [0.5, 0.6) is 0 Å². The molecule has 1 saturated heterocycles. The molecule has 0 spiro atoms. The van der Waals surface area contributed by atoms with Crippen molar-refractivity contribution in [2.45, 2.75) is 46.1 Å². The van der Waals surface area contributed by atoms with Gasteiger partial charge in [-0.2, -0.15) is 0 Å². The van der Waals surface area contributed by atoms with Gasteiger partial charge < -0.3 is 14.5 Å². The Bertz CT molecular complexity index is 980. The minimum Gasteiger partial charge on any atom is -0.443 e. The standard InChI is InChI=1S/C24H31N5O3/c1-17-15-28(22(30)18-11-12-21(26-25-18)27-13-7-8-14-27)19-9-5-6-10-20(19)29(16-17)23(31)32-24(2,3)4/h5-6,9-12,17H,7-8,13-16H2,1-4H3. The normalized spacial score (nSPS) is 18.9. The molecule has 1 fully saturated rings. The van der Waals surface area contributed by atoms with E-state index in [-0.39, 0.29) is 11.8 Å². The topological polar surface area (TPSA) is 78.9 Å². The highest BCUT2D eigenvalue weighted by Gasteiger charge is 2.34. The van der Waals surface area contributed by atoms with E-state index in [1.165, 1.54) is 0 Å². The highest BCUT2D eigenvalue weighted by molar-refractivity contribution is 6.08. The molecule has 2 aromatic rings. The molecule has 4 rings (SSSR count). The maximum absolute atomic E-state index is 13.5. The number of fused-ring (bicyclic) bond motifs is 1. The van der Waals surface area contributed by atoms with Crippen LogP contribution in [0.15, 0.2) is 36.4 Å². The number of benzene rings is 1. The predicted octanol–water partition coefficient (Wildman–Crippen LogP) is 4.11. The summed E-state index contributed by atoms with van der Waals surface area (Å²) in [7, 11) is 0. The Labute approximate surface area is 189 Å². The van der Waals surface area contributed by atoms with Gasteiger partial charge in [-0.05, 0) is 63.8 Å². The van der Waals surface area contributed by atoms with Gasteiger partial charge in [0.25, 0.3) is 5.91 Å². The molecular weight excluding hydrogens is 406 g/mol. The molecule has 8 heteroatoms. The molecule has 2 aliphatic heterocycles. The molecule has 170 valence electrons. The maximum Gasteiger partial charge on any atom is 0.414 e. The molecule has 3 heterocycles. The second-order valence-electron chi connectivity index (χ2n) is 9.57. The third-order valence-corrected chi connectivity index (χ3v) is 5.61. The zero-order valence-electron chi connectivity index (χ0n) is 19.2. The fraction of sp³-hybridized carbons (Fsp3) is 0.500. The average Bonchev–Trinajstić information content (AvgIpc) is 3.24. The second kappa shape index (κ2) is 8.76. The lowest BCUT2D eigenvalue weighted by Crippen LogP contribution is -2.39. The van der Waals surface area contributed by atoms with E-state index in [0.717, 1.165) is 31.7 Å². The van der Waals surface area contributed by atoms with Crippen LogP contribution in [0.3, 0.4) is 0 Å². The van der Waals surface area contributed by atoms with E-state index in [9.17, 15) is 9.59 Å². The van der Waals surface area contributed by atoms with Crippen LogP contribution < -0.4 is 14.7 Å². The summed E-state index contributed by atoms with van der Waals surface area (Å²) >= 11 is 0. The van der Waals surface area contributed by atoms with Gasteiger partial charge >= 0.3 is 6.09 Å². The van der Waals surface area contributed by atoms with Crippen LogP contribution in [0, 0.1) is 5.92 Å². The van der Waals surface area contributed by atoms with Gasteiger partial charge in [0.2, 0.25) is 0 Å². The Balaban J connectivity index is 1.63. The summed E-state index contributed by atoms with van der Waals surface area (Å²) in [5.74, 6) is 0.617. The minimum atomic E-state index is -0.607. The van der Waals surface area contributed by atoms with Crippen LogP contribution in [0.25, 0.3) is 0 Å². The summed E-state index contributed by atoms with van der Waals surface area (Å²) < 4.78 is 5.64. The number of para-hydroxylation sites is 2. The van der Waals surface area contributed by atoms with Crippen molar-refractivity contribution in [1.82, 2.24) is 10.2 Å². The molecule has 32 heavy (non-hydrogen) atoms. The Morgan fingerprint density at radius 3 is 2.16 bits per heavy atom. The van der Waals surface area contributed by atoms with Crippen molar-refractivity contribution in [1.29, 1.82) is 0 Å². The minimum absolute atomic E-state index is 0.0377. The number of aromatic nitrogens is 2. The fourth-order valence-corrected chi connectivity index (χ4v) is 4.17. The number of carbonyl (C=O) groups is 2. The number of anilines is 3. The first-order valence-electron chi connectivity index (χ1n) is 11.2. The van der Waals surface area contributed by atoms with Gasteiger partial charge in [0.15, 0.2) is 11.5 Å². The number of amides is 2. The summed E-state index contributed by atoms with van der Waals surface area (Å²) in [4.78, 5) is 31.9. The molecule has 0 N–H and O–H groups in total. The molecule has 1 aromatic heterocycles. The summed E-state index contributed by atoms with van der Waals surface area (Å²) in [6, 6.07) is 11.0. The second-order valence-corrected chi connectivity index (χ2v) is 9.57. The Morgan fingerprint density at radius 2 is 1.56 bits per heavy atom. The molecule has 0 bridgehead atoms. The Hall–Kier alpha value is -3.16. The molecule has 0 saturated carbocycles. The van der Waals surface area contributed by atoms with Gasteiger partial charge in [-0.3, -0.25) is 9.69 Å². The Morgan fingerprint density at radius 1 is 0.938 bits per heavy atom. The van der Waals surface area contributed by atoms with Crippen molar-refractivity contribution in [2.24, 2.45) is 5.92 Å². The van der Waals surface area contributed by atoms with E-state index >= 15 is 0 Å². The van der Waals surface area contributed by atoms with Crippen molar-refractivity contribution in [2.75, 3.05) is 40.9 Å². The smallest absolute Gasteiger partial charge is 0.414 e. The summed E-state index contributed by atoms with van der Waals surface area (Å²) in [6.45, 7) is 10.4. The van der Waals surface area contributed by atoms with Crippen LogP contribution in [0.1, 0.15) is 51.0 Å². The zero-order valence-corrected chi connectivity index (χ0v) is 19.2. The van der Waals surface area contributed by atoms with Gasteiger partial charge in [0.1, 0.15) is 5.60 Å². The first-order chi connectivity index (χ1) is 15.2. The van der Waals surface area contributed by atoms with E-state index in [1.54, 1.807) is 15.9 Å². The lowest BCUT2D eigenvalue weighted by Gasteiger charge is -2.28. The molecule has 2 amide bonds. The summed E-state index contributed by atoms with van der Waals surface area (Å²) in [5, 5.41) is 8.54. The van der Waals surface area contributed by atoms with Gasteiger partial charge in [-0.1, -0.05) is 19.1 Å². The molecule has 2 aliphatic rings. The lowest BCUT2D eigenvalue weighted by molar-refractivity contribution is 0.0577. The molecule has 1 aromatic carbocycles. The van der Waals surface area contributed by atoms with Crippen molar-refractivity contribution in [3.05, 3.63) is 42.1 Å². The molecule has 1 atom stereocenters. The summed E-state index contributed by atoms with van der Waals surface area (Å²) in [5.41, 5.74) is 1.00. The predicted molar refractivity (Wildman–Crippen MR) is 124 cm³/mol. The van der Waals surface area contributed by atoms with Gasteiger partial charge in [0, 0.05) is 26.2 Å². The van der Waals surface area contributed by atoms with Crippen LogP contribution >= 0.6 is 0 Å². The number of nitrogens with zero attached hydrogens (tertiary/aromatic N) is 5. The van der Waals surface area contributed by atoms with Gasteiger partial charge in [-0.15, -0.1) is 10.2 Å². The van der Waals surface area contributed by atoms with E-state index in [2.05, 4.69) is 15.1 Å². The third kappa shape index (κ3) is 4.69. The third-order valence-electron chi connectivity index (χ3n) is 5.61. The molecule has 0 aliphatic carbocycles. The first-order valence-corrected chi connectivity index (χ1v) is 11.2. The van der Waals surface area contributed by atoms with Gasteiger partial charge in [0.05, 0.1) is 11.4 Å². The molecule has 1 unspecified atom stereocenters. The largest absolute Gasteiger partial charge is 0.443 e. The average molecular weight is 438 g/mol. The first kappa shape index (κ1) is 22.0. The van der Waals surface area contributed by atoms with Crippen LogP contribution in [-0.4, -0.2) is 54.0 Å². The van der Waals surface area contributed by atoms with Crippen molar-refractivity contribution >= 4 is 29.2 Å². The molecule has 0 radical (unpaired) electrons. The lowest BCUT2D eigenvalue weighted by atomic mass is 10.1. The van der Waals surface area contributed by atoms with E-state index in [1.807, 2.05) is 58.0 Å². The maximum atomic E-state index is 13.5. The van der Waals surface area contributed by atoms with Crippen LogP contribution in [0.2, 0.25) is 0 Å². The highest BCUT2D eigenvalue weighted by atomic mass is 16.6. The van der Waals surface area contributed by atoms with Crippen LogP contribution in [0.4, 0.5) is 22.0 Å². The van der Waals surface area contributed by atoms with Crippen molar-refractivity contribution in [3.63, 3.8) is 0 Å².